The molecular weight excluding hydrogens is 326 g/mol. The van der Waals surface area contributed by atoms with Gasteiger partial charge in [0.2, 0.25) is 0 Å². The first kappa shape index (κ1) is 15.3. The lowest BCUT2D eigenvalue weighted by atomic mass is 10.1. The molecule has 3 heterocycles. The lowest BCUT2D eigenvalue weighted by molar-refractivity contribution is 0.0723. The summed E-state index contributed by atoms with van der Waals surface area (Å²) in [5.41, 5.74) is 2.16. The van der Waals surface area contributed by atoms with Crippen molar-refractivity contribution in [3.8, 4) is 0 Å². The van der Waals surface area contributed by atoms with Crippen LogP contribution in [0.4, 0.5) is 0 Å². The number of para-hydroxylation sites is 1. The maximum absolute atomic E-state index is 12.9. The fourth-order valence-electron chi connectivity index (χ4n) is 3.05. The molecule has 1 aromatic carbocycles. The van der Waals surface area contributed by atoms with Crippen molar-refractivity contribution in [2.75, 3.05) is 6.54 Å². The van der Waals surface area contributed by atoms with E-state index in [9.17, 15) is 4.79 Å². The molecular formula is C18H18ClN3O2. The third kappa shape index (κ3) is 2.40. The monoisotopic (exact) mass is 343 g/mol. The first-order chi connectivity index (χ1) is 11.5. The zero-order valence-corrected chi connectivity index (χ0v) is 14.4. The molecule has 0 fully saturated rings. The van der Waals surface area contributed by atoms with Crippen LogP contribution in [0.5, 0.6) is 0 Å². The van der Waals surface area contributed by atoms with Gasteiger partial charge in [-0.2, -0.15) is 0 Å². The highest BCUT2D eigenvalue weighted by atomic mass is 35.5. The van der Waals surface area contributed by atoms with Gasteiger partial charge in [-0.05, 0) is 6.07 Å². The second-order valence-corrected chi connectivity index (χ2v) is 6.79. The first-order valence-corrected chi connectivity index (χ1v) is 8.46. The van der Waals surface area contributed by atoms with Crippen molar-refractivity contribution in [1.82, 2.24) is 14.9 Å². The first-order valence-electron chi connectivity index (χ1n) is 8.08. The maximum Gasteiger partial charge on any atom is 0.272 e. The SMILES string of the molecule is CC(C)c1nc2c(o1)CCN(C(=O)c1[nH]c3ccccc3c1Cl)C2. The van der Waals surface area contributed by atoms with Gasteiger partial charge in [0.05, 0.1) is 11.6 Å². The van der Waals surface area contributed by atoms with E-state index in [4.69, 9.17) is 16.0 Å². The number of benzene rings is 1. The Morgan fingerprint density at radius 3 is 2.92 bits per heavy atom. The minimum absolute atomic E-state index is 0.101. The lowest BCUT2D eigenvalue weighted by Gasteiger charge is -2.25. The van der Waals surface area contributed by atoms with Crippen LogP contribution in [0.2, 0.25) is 5.02 Å². The highest BCUT2D eigenvalue weighted by molar-refractivity contribution is 6.38. The topological polar surface area (TPSA) is 62.1 Å². The summed E-state index contributed by atoms with van der Waals surface area (Å²) < 4.78 is 5.79. The smallest absolute Gasteiger partial charge is 0.272 e. The van der Waals surface area contributed by atoms with Gasteiger partial charge in [-0.25, -0.2) is 4.98 Å². The molecule has 4 rings (SSSR count). The van der Waals surface area contributed by atoms with Crippen molar-refractivity contribution in [3.05, 3.63) is 52.3 Å². The Balaban J connectivity index is 1.63. The van der Waals surface area contributed by atoms with Crippen LogP contribution < -0.4 is 0 Å². The summed E-state index contributed by atoms with van der Waals surface area (Å²) in [6, 6.07) is 7.65. The zero-order valence-electron chi connectivity index (χ0n) is 13.6. The Morgan fingerprint density at radius 1 is 1.38 bits per heavy atom. The van der Waals surface area contributed by atoms with E-state index in [0.717, 1.165) is 28.2 Å². The molecule has 24 heavy (non-hydrogen) atoms. The van der Waals surface area contributed by atoms with Gasteiger partial charge in [0.15, 0.2) is 5.89 Å². The summed E-state index contributed by atoms with van der Waals surface area (Å²) in [4.78, 5) is 22.3. The van der Waals surface area contributed by atoms with Crippen LogP contribution in [-0.2, 0) is 13.0 Å². The van der Waals surface area contributed by atoms with E-state index in [2.05, 4.69) is 9.97 Å². The van der Waals surface area contributed by atoms with Crippen LogP contribution in [0.1, 0.15) is 47.6 Å². The standard InChI is InChI=1S/C18H18ClN3O2/c1-10(2)17-21-13-9-22(8-7-14(13)24-17)18(23)16-15(19)11-5-3-4-6-12(11)20-16/h3-6,10,20H,7-9H2,1-2H3. The van der Waals surface area contributed by atoms with Gasteiger partial charge in [0.25, 0.3) is 5.91 Å². The average molecular weight is 344 g/mol. The van der Waals surface area contributed by atoms with Gasteiger partial charge in [-0.1, -0.05) is 43.6 Å². The largest absolute Gasteiger partial charge is 0.445 e. The molecule has 0 bridgehead atoms. The minimum Gasteiger partial charge on any atom is -0.445 e. The third-order valence-corrected chi connectivity index (χ3v) is 4.77. The van der Waals surface area contributed by atoms with E-state index in [-0.39, 0.29) is 11.8 Å². The number of aromatic amines is 1. The van der Waals surface area contributed by atoms with Gasteiger partial charge in [-0.15, -0.1) is 0 Å². The maximum atomic E-state index is 12.9. The van der Waals surface area contributed by atoms with Crippen molar-refractivity contribution >= 4 is 28.4 Å². The Hall–Kier alpha value is -2.27. The fraction of sp³-hybridized carbons (Fsp3) is 0.333. The quantitative estimate of drug-likeness (QED) is 0.761. The fourth-order valence-corrected chi connectivity index (χ4v) is 3.34. The van der Waals surface area contributed by atoms with Crippen molar-refractivity contribution in [3.63, 3.8) is 0 Å². The van der Waals surface area contributed by atoms with E-state index in [1.54, 1.807) is 4.90 Å². The van der Waals surface area contributed by atoms with E-state index < -0.39 is 0 Å². The van der Waals surface area contributed by atoms with Crippen molar-refractivity contribution < 1.29 is 9.21 Å². The number of oxazole rings is 1. The second-order valence-electron chi connectivity index (χ2n) is 6.41. The van der Waals surface area contributed by atoms with E-state index >= 15 is 0 Å². The Morgan fingerprint density at radius 2 is 2.17 bits per heavy atom. The second kappa shape index (κ2) is 5.67. The molecule has 6 heteroatoms. The molecule has 1 N–H and O–H groups in total. The number of rotatable bonds is 2. The van der Waals surface area contributed by atoms with Crippen LogP contribution in [-0.4, -0.2) is 27.3 Å². The van der Waals surface area contributed by atoms with Crippen LogP contribution in [0, 0.1) is 0 Å². The third-order valence-electron chi connectivity index (χ3n) is 4.38. The van der Waals surface area contributed by atoms with Crippen LogP contribution in [0.15, 0.2) is 28.7 Å². The molecule has 0 saturated heterocycles. The number of aromatic nitrogens is 2. The highest BCUT2D eigenvalue weighted by Gasteiger charge is 2.29. The lowest BCUT2D eigenvalue weighted by Crippen LogP contribution is -2.36. The molecule has 0 spiro atoms. The molecule has 2 aromatic heterocycles. The number of hydrogen-bond donors (Lipinski definition) is 1. The molecule has 0 unspecified atom stereocenters. The number of carbonyl (C=O) groups excluding carboxylic acids is 1. The number of halogens is 1. The van der Waals surface area contributed by atoms with Gasteiger partial charge in [0.1, 0.15) is 17.1 Å². The van der Waals surface area contributed by atoms with Gasteiger partial charge in [0, 0.05) is 29.8 Å². The summed E-state index contributed by atoms with van der Waals surface area (Å²) in [6.07, 6.45) is 0.679. The molecule has 0 atom stereocenters. The molecule has 3 aromatic rings. The Labute approximate surface area is 144 Å². The van der Waals surface area contributed by atoms with E-state index in [1.165, 1.54) is 0 Å². The summed E-state index contributed by atoms with van der Waals surface area (Å²) in [6.45, 7) is 5.15. The van der Waals surface area contributed by atoms with Crippen molar-refractivity contribution in [1.29, 1.82) is 0 Å². The average Bonchev–Trinajstić information content (AvgIpc) is 3.15. The van der Waals surface area contributed by atoms with Crippen molar-refractivity contribution in [2.45, 2.75) is 32.7 Å². The molecule has 0 saturated carbocycles. The normalized spacial score (nSPS) is 14.4. The number of hydrogen-bond acceptors (Lipinski definition) is 3. The number of nitrogens with one attached hydrogen (secondary N) is 1. The Kier molecular flexibility index (Phi) is 3.61. The minimum atomic E-state index is -0.101. The highest BCUT2D eigenvalue weighted by Crippen LogP contribution is 2.30. The van der Waals surface area contributed by atoms with Crippen LogP contribution >= 0.6 is 11.6 Å². The van der Waals surface area contributed by atoms with Crippen molar-refractivity contribution in [2.24, 2.45) is 0 Å². The van der Waals surface area contributed by atoms with E-state index in [1.807, 2.05) is 38.1 Å². The van der Waals surface area contributed by atoms with Gasteiger partial charge in [-0.3, -0.25) is 4.79 Å². The molecule has 1 amide bonds. The molecule has 1 aliphatic heterocycles. The number of carbonyl (C=O) groups is 1. The molecule has 124 valence electrons. The van der Waals surface area contributed by atoms with Gasteiger partial charge >= 0.3 is 0 Å². The summed E-state index contributed by atoms with van der Waals surface area (Å²) in [7, 11) is 0. The predicted octanol–water partition coefficient (Wildman–Crippen LogP) is 4.13. The molecule has 0 aliphatic carbocycles. The Bertz CT molecular complexity index is 926. The predicted molar refractivity (Wildman–Crippen MR) is 92.3 cm³/mol. The van der Waals surface area contributed by atoms with Crippen LogP contribution in [0.25, 0.3) is 10.9 Å². The van der Waals surface area contributed by atoms with Crippen LogP contribution in [0.3, 0.4) is 0 Å². The number of fused-ring (bicyclic) bond motifs is 2. The van der Waals surface area contributed by atoms with E-state index in [0.29, 0.717) is 30.2 Å². The molecule has 1 aliphatic rings. The zero-order chi connectivity index (χ0) is 16.8. The summed E-state index contributed by atoms with van der Waals surface area (Å²) in [5, 5.41) is 1.34. The number of amides is 1. The summed E-state index contributed by atoms with van der Waals surface area (Å²) in [5.74, 6) is 1.77. The van der Waals surface area contributed by atoms with Gasteiger partial charge < -0.3 is 14.3 Å². The molecule has 5 nitrogen and oxygen atoms in total. The summed E-state index contributed by atoms with van der Waals surface area (Å²) >= 11 is 6.40. The number of nitrogens with zero attached hydrogens (tertiary/aromatic N) is 2. The number of H-pyrrole nitrogens is 1. The molecule has 0 radical (unpaired) electrons.